The fraction of sp³-hybridized carbons (Fsp3) is 0.778. The topological polar surface area (TPSA) is 354 Å². The van der Waals surface area contributed by atoms with Crippen LogP contribution in [0.3, 0.4) is 0 Å². The number of aryl methyl sites for hydroxylation is 1. The molecule has 1 aromatic heterocycles. The molecule has 2 rings (SSSR count). The van der Waals surface area contributed by atoms with Crippen LogP contribution in [0.15, 0.2) is 15.8 Å². The summed E-state index contributed by atoms with van der Waals surface area (Å²) in [6, 6.07) is 0. The second-order valence-corrected chi connectivity index (χ2v) is 16.1. The first-order valence-electron chi connectivity index (χ1n) is 13.2. The largest absolute Gasteiger partial charge is 0.472 e. The zero-order valence-electron chi connectivity index (χ0n) is 25.0. The van der Waals surface area contributed by atoms with Gasteiger partial charge in [-0.3, -0.25) is 55.1 Å². The minimum Gasteiger partial charge on any atom is -0.349 e. The van der Waals surface area contributed by atoms with E-state index in [9.17, 15) is 52.0 Å². The van der Waals surface area contributed by atoms with Gasteiger partial charge in [0.15, 0.2) is 0 Å². The van der Waals surface area contributed by atoms with Crippen molar-refractivity contribution in [3.63, 3.8) is 0 Å². The summed E-state index contributed by atoms with van der Waals surface area (Å²) < 4.78 is 106. The summed E-state index contributed by atoms with van der Waals surface area (Å²) in [4.78, 5) is 82.6. The fourth-order valence-electron chi connectivity index (χ4n) is 3.49. The van der Waals surface area contributed by atoms with Gasteiger partial charge in [-0.1, -0.05) is 0 Å². The average Bonchev–Trinajstić information content (AvgIpc) is 3.33. The van der Waals surface area contributed by atoms with Crippen LogP contribution in [-0.2, 0) is 68.3 Å². The molecule has 1 aliphatic heterocycles. The Morgan fingerprint density at radius 2 is 1.19 bits per heavy atom. The summed E-state index contributed by atoms with van der Waals surface area (Å²) in [5.74, 6) is 0. The van der Waals surface area contributed by atoms with Crippen molar-refractivity contribution in [3.05, 3.63) is 32.6 Å². The van der Waals surface area contributed by atoms with E-state index < -0.39 is 115 Å². The monoisotopic (exact) mass is 802 g/mol. The number of aromatic nitrogens is 2. The predicted octanol–water partition coefficient (Wildman–Crippen LogP) is 0.165. The van der Waals surface area contributed by atoms with Crippen LogP contribution < -0.4 is 11.2 Å². The van der Waals surface area contributed by atoms with Crippen molar-refractivity contribution in [1.82, 2.24) is 9.55 Å². The Labute approximate surface area is 270 Å². The first-order chi connectivity index (χ1) is 22.0. The first-order valence-corrected chi connectivity index (χ1v) is 20.7. The van der Waals surface area contributed by atoms with E-state index >= 15 is 0 Å². The molecular formula is C18H35N2O23P5. The van der Waals surface area contributed by atoms with E-state index in [1.807, 2.05) is 4.98 Å². The smallest absolute Gasteiger partial charge is 0.349 e. The maximum atomic E-state index is 12.5. The summed E-state index contributed by atoms with van der Waals surface area (Å²) in [5, 5.41) is 0. The average molecular weight is 802 g/mol. The SMILES string of the molecule is CCOP(=O)(O)OCCOP(=O)(O)OCCOP(=O)(O)OCCOP(=O)(O)OC1CC(n2cc(C)c(=O)[nH]c2=O)OC1COP(=O)(O)O. The molecule has 1 aromatic rings. The van der Waals surface area contributed by atoms with E-state index in [0.717, 1.165) is 10.8 Å². The van der Waals surface area contributed by atoms with Gasteiger partial charge in [0, 0.05) is 18.2 Å². The van der Waals surface area contributed by atoms with Gasteiger partial charge in [0.05, 0.1) is 52.9 Å². The minimum atomic E-state index is -5.05. The van der Waals surface area contributed by atoms with Crippen LogP contribution in [0.4, 0.5) is 0 Å². The van der Waals surface area contributed by atoms with Crippen LogP contribution >= 0.6 is 39.1 Å². The standard InChI is InChI=1S/C18H35N2O23P5/c1-3-34-45(26,27)35-4-5-36-46(28,29)37-6-7-38-47(30,31)39-8-9-40-48(32,33)43-14-10-16(42-15(14)12-41-44(23,24)25)20-11-13(2)17(21)19-18(20)22/h11,14-16H,3-10,12H2,1-2H3,(H,26,27)(H,28,29)(H,30,31)(H,32,33)(H,19,21,22)(H2,23,24,25). The van der Waals surface area contributed by atoms with E-state index in [1.54, 1.807) is 0 Å². The fourth-order valence-corrected chi connectivity index (χ4v) is 6.84. The molecule has 1 aliphatic rings. The van der Waals surface area contributed by atoms with E-state index in [4.69, 9.17) is 19.0 Å². The second kappa shape index (κ2) is 18.6. The third-order valence-corrected chi connectivity index (χ3v) is 10.0. The van der Waals surface area contributed by atoms with Crippen LogP contribution in [0.2, 0.25) is 0 Å². The molecule has 7 atom stereocenters. The summed E-state index contributed by atoms with van der Waals surface area (Å²) in [6.07, 6.45) is -3.41. The Morgan fingerprint density at radius 3 is 1.62 bits per heavy atom. The number of H-pyrrole nitrogens is 1. The summed E-state index contributed by atoms with van der Waals surface area (Å²) in [7, 11) is -24.1. The van der Waals surface area contributed by atoms with Gasteiger partial charge >= 0.3 is 44.8 Å². The minimum absolute atomic E-state index is 0.0976. The molecule has 0 bridgehead atoms. The Hall–Kier alpha value is -0.810. The van der Waals surface area contributed by atoms with Crippen LogP contribution in [0, 0.1) is 6.92 Å². The molecule has 1 saturated heterocycles. The van der Waals surface area contributed by atoms with Gasteiger partial charge in [-0.25, -0.2) is 27.6 Å². The van der Waals surface area contributed by atoms with Gasteiger partial charge in [0.25, 0.3) is 5.56 Å². The molecule has 0 saturated carbocycles. The van der Waals surface area contributed by atoms with Gasteiger partial charge in [0.2, 0.25) is 0 Å². The summed E-state index contributed by atoms with van der Waals surface area (Å²) in [6.45, 7) is -2.77. The number of nitrogens with one attached hydrogen (secondary N) is 1. The Morgan fingerprint density at radius 1 is 0.750 bits per heavy atom. The van der Waals surface area contributed by atoms with Crippen LogP contribution in [0.5, 0.6) is 0 Å². The van der Waals surface area contributed by atoms with Gasteiger partial charge in [-0.2, -0.15) is 0 Å². The Kier molecular flexibility index (Phi) is 16.8. The first kappa shape index (κ1) is 43.4. The zero-order chi connectivity index (χ0) is 36.4. The Balaban J connectivity index is 1.81. The maximum Gasteiger partial charge on any atom is 0.472 e. The third-order valence-electron chi connectivity index (χ3n) is 5.38. The highest BCUT2D eigenvalue weighted by Crippen LogP contribution is 2.50. The number of hydrogen-bond donors (Lipinski definition) is 7. The number of hydrogen-bond acceptors (Lipinski definition) is 17. The number of phosphoric ester groups is 5. The highest BCUT2D eigenvalue weighted by molar-refractivity contribution is 7.48. The lowest BCUT2D eigenvalue weighted by molar-refractivity contribution is -0.0458. The molecular weight excluding hydrogens is 767 g/mol. The number of phosphoric acid groups is 5. The molecule has 48 heavy (non-hydrogen) atoms. The van der Waals surface area contributed by atoms with Crippen molar-refractivity contribution >= 4 is 39.1 Å². The normalized spacial score (nSPS) is 23.6. The molecule has 7 unspecified atom stereocenters. The van der Waals surface area contributed by atoms with Gasteiger partial charge in [-0.05, 0) is 13.8 Å². The molecule has 30 heteroatoms. The lowest BCUT2D eigenvalue weighted by atomic mass is 10.2. The Bertz CT molecular complexity index is 1560. The number of nitrogens with zero attached hydrogens (tertiary/aromatic N) is 1. The molecule has 0 radical (unpaired) electrons. The van der Waals surface area contributed by atoms with E-state index in [1.165, 1.54) is 13.8 Å². The zero-order valence-corrected chi connectivity index (χ0v) is 29.5. The number of rotatable bonds is 23. The molecule has 0 aromatic carbocycles. The lowest BCUT2D eigenvalue weighted by Gasteiger charge is -2.21. The van der Waals surface area contributed by atoms with Crippen LogP contribution in [0.1, 0.15) is 25.1 Å². The van der Waals surface area contributed by atoms with Crippen molar-refractivity contribution in [1.29, 1.82) is 0 Å². The van der Waals surface area contributed by atoms with Crippen LogP contribution in [0.25, 0.3) is 0 Å². The molecule has 0 amide bonds. The molecule has 0 aliphatic carbocycles. The molecule has 2 heterocycles. The van der Waals surface area contributed by atoms with Gasteiger partial charge in [-0.15, -0.1) is 0 Å². The highest BCUT2D eigenvalue weighted by Gasteiger charge is 2.43. The highest BCUT2D eigenvalue weighted by atomic mass is 31.2. The number of ether oxygens (including phenoxy) is 1. The van der Waals surface area contributed by atoms with E-state index in [2.05, 4.69) is 36.2 Å². The quantitative estimate of drug-likeness (QED) is 0.0572. The predicted molar refractivity (Wildman–Crippen MR) is 154 cm³/mol. The van der Waals surface area contributed by atoms with Gasteiger partial charge < -0.3 is 34.1 Å². The second-order valence-electron chi connectivity index (χ2n) is 9.07. The van der Waals surface area contributed by atoms with Crippen LogP contribution in [-0.4, -0.2) is 104 Å². The lowest BCUT2D eigenvalue weighted by Crippen LogP contribution is -2.33. The third kappa shape index (κ3) is 16.5. The van der Waals surface area contributed by atoms with Crippen molar-refractivity contribution in [2.45, 2.75) is 38.7 Å². The molecule has 280 valence electrons. The van der Waals surface area contributed by atoms with Gasteiger partial charge in [0.1, 0.15) is 18.4 Å². The van der Waals surface area contributed by atoms with Crippen molar-refractivity contribution in [2.75, 3.05) is 52.9 Å². The molecule has 1 fully saturated rings. The molecule has 7 N–H and O–H groups in total. The van der Waals surface area contributed by atoms with Crippen molar-refractivity contribution in [2.24, 2.45) is 0 Å². The maximum absolute atomic E-state index is 12.5. The van der Waals surface area contributed by atoms with E-state index in [0.29, 0.717) is 0 Å². The molecule has 0 spiro atoms. The number of aromatic amines is 1. The molecule has 25 nitrogen and oxygen atoms in total. The van der Waals surface area contributed by atoms with Crippen molar-refractivity contribution < 1.29 is 97.6 Å². The summed E-state index contributed by atoms with van der Waals surface area (Å²) >= 11 is 0. The van der Waals surface area contributed by atoms with Crippen molar-refractivity contribution in [3.8, 4) is 0 Å². The van der Waals surface area contributed by atoms with E-state index in [-0.39, 0.29) is 18.6 Å². The summed E-state index contributed by atoms with van der Waals surface area (Å²) in [5.41, 5.74) is -1.51.